The summed E-state index contributed by atoms with van der Waals surface area (Å²) in [4.78, 5) is 20.9. The number of aryl methyl sites for hydroxylation is 2. The minimum absolute atomic E-state index is 0.170. The van der Waals surface area contributed by atoms with Gasteiger partial charge in [0.15, 0.2) is 0 Å². The van der Waals surface area contributed by atoms with Gasteiger partial charge in [-0.05, 0) is 50.2 Å². The highest BCUT2D eigenvalue weighted by molar-refractivity contribution is 5.95. The smallest absolute Gasteiger partial charge is 0.251 e. The molecule has 2 aromatic heterocycles. The first-order valence-corrected chi connectivity index (χ1v) is 7.60. The van der Waals surface area contributed by atoms with E-state index in [-0.39, 0.29) is 5.91 Å². The van der Waals surface area contributed by atoms with Gasteiger partial charge in [0.1, 0.15) is 5.76 Å². The molecule has 3 aromatic rings. The molecule has 0 saturated carbocycles. The van der Waals surface area contributed by atoms with Crippen LogP contribution in [0.1, 0.15) is 27.5 Å². The molecule has 0 radical (unpaired) electrons. The van der Waals surface area contributed by atoms with Crippen LogP contribution in [0.5, 0.6) is 0 Å². The van der Waals surface area contributed by atoms with Crippen molar-refractivity contribution in [3.63, 3.8) is 0 Å². The van der Waals surface area contributed by atoms with Crippen LogP contribution in [0.2, 0.25) is 0 Å². The minimum atomic E-state index is -0.170. The van der Waals surface area contributed by atoms with Crippen LogP contribution < -0.4 is 10.6 Å². The summed E-state index contributed by atoms with van der Waals surface area (Å²) in [6, 6.07) is 12.7. The van der Waals surface area contributed by atoms with Gasteiger partial charge in [0.25, 0.3) is 5.91 Å². The molecule has 0 aliphatic heterocycles. The lowest BCUT2D eigenvalue weighted by molar-refractivity contribution is 0.0948. The maximum absolute atomic E-state index is 12.2. The van der Waals surface area contributed by atoms with E-state index in [0.29, 0.717) is 23.8 Å². The molecular weight excluding hydrogens is 304 g/mol. The summed E-state index contributed by atoms with van der Waals surface area (Å²) in [5.41, 5.74) is 3.08. The van der Waals surface area contributed by atoms with Gasteiger partial charge in [-0.25, -0.2) is 9.97 Å². The highest BCUT2D eigenvalue weighted by atomic mass is 16.3. The Balaban J connectivity index is 1.70. The molecule has 0 saturated heterocycles. The van der Waals surface area contributed by atoms with Crippen molar-refractivity contribution in [1.29, 1.82) is 0 Å². The van der Waals surface area contributed by atoms with E-state index in [2.05, 4.69) is 20.6 Å². The standard InChI is InChI=1S/C18H18N4O2/c1-12-9-13(2)21-18(20-12)22-15-6-3-5-14(10-15)17(23)19-11-16-7-4-8-24-16/h3-10H,11H2,1-2H3,(H,19,23)(H,20,21,22). The number of nitrogens with zero attached hydrogens (tertiary/aromatic N) is 2. The fraction of sp³-hybridized carbons (Fsp3) is 0.167. The van der Waals surface area contributed by atoms with Crippen LogP contribution in [0.15, 0.2) is 53.1 Å². The summed E-state index contributed by atoms with van der Waals surface area (Å²) in [5.74, 6) is 1.05. The second kappa shape index (κ2) is 6.95. The molecular formula is C18H18N4O2. The molecule has 0 aliphatic rings. The van der Waals surface area contributed by atoms with Gasteiger partial charge >= 0.3 is 0 Å². The topological polar surface area (TPSA) is 80.0 Å². The summed E-state index contributed by atoms with van der Waals surface area (Å²) in [6.07, 6.45) is 1.58. The van der Waals surface area contributed by atoms with Gasteiger partial charge in [0, 0.05) is 22.6 Å². The molecule has 2 heterocycles. The molecule has 0 aliphatic carbocycles. The number of hydrogen-bond acceptors (Lipinski definition) is 5. The Morgan fingerprint density at radius 2 is 1.88 bits per heavy atom. The number of benzene rings is 1. The van der Waals surface area contributed by atoms with E-state index < -0.39 is 0 Å². The predicted molar refractivity (Wildman–Crippen MR) is 91.1 cm³/mol. The van der Waals surface area contributed by atoms with Crippen LogP contribution in [0.4, 0.5) is 11.6 Å². The third kappa shape index (κ3) is 3.98. The van der Waals surface area contributed by atoms with Gasteiger partial charge in [0.2, 0.25) is 5.95 Å². The van der Waals surface area contributed by atoms with Crippen molar-refractivity contribution in [3.05, 3.63) is 71.4 Å². The van der Waals surface area contributed by atoms with Gasteiger partial charge in [-0.15, -0.1) is 0 Å². The number of carbonyl (C=O) groups is 1. The minimum Gasteiger partial charge on any atom is -0.467 e. The molecule has 3 rings (SSSR count). The molecule has 1 aromatic carbocycles. The molecule has 2 N–H and O–H groups in total. The zero-order valence-electron chi connectivity index (χ0n) is 13.5. The Morgan fingerprint density at radius 1 is 1.08 bits per heavy atom. The third-order valence-corrected chi connectivity index (χ3v) is 3.37. The summed E-state index contributed by atoms with van der Waals surface area (Å²) in [6.45, 7) is 4.18. The first kappa shape index (κ1) is 15.7. The molecule has 0 atom stereocenters. The van der Waals surface area contributed by atoms with Gasteiger partial charge in [-0.2, -0.15) is 0 Å². The zero-order valence-corrected chi connectivity index (χ0v) is 13.5. The number of rotatable bonds is 5. The second-order valence-corrected chi connectivity index (χ2v) is 5.44. The van der Waals surface area contributed by atoms with Crippen molar-refractivity contribution in [2.24, 2.45) is 0 Å². The number of hydrogen-bond donors (Lipinski definition) is 2. The average molecular weight is 322 g/mol. The first-order chi connectivity index (χ1) is 11.6. The van der Waals surface area contributed by atoms with Crippen LogP contribution >= 0.6 is 0 Å². The van der Waals surface area contributed by atoms with E-state index in [1.54, 1.807) is 24.5 Å². The van der Waals surface area contributed by atoms with Crippen LogP contribution in [-0.4, -0.2) is 15.9 Å². The lowest BCUT2D eigenvalue weighted by atomic mass is 10.2. The van der Waals surface area contributed by atoms with Crippen LogP contribution in [0.3, 0.4) is 0 Å². The average Bonchev–Trinajstić information content (AvgIpc) is 3.05. The molecule has 0 spiro atoms. The number of amides is 1. The molecule has 24 heavy (non-hydrogen) atoms. The van der Waals surface area contributed by atoms with Crippen LogP contribution in [-0.2, 0) is 6.54 Å². The van der Waals surface area contributed by atoms with Crippen molar-refractivity contribution < 1.29 is 9.21 Å². The molecule has 0 bridgehead atoms. The molecule has 0 fully saturated rings. The van der Waals surface area contributed by atoms with Gasteiger partial charge in [-0.3, -0.25) is 4.79 Å². The normalized spacial score (nSPS) is 10.4. The van der Waals surface area contributed by atoms with Crippen molar-refractivity contribution in [3.8, 4) is 0 Å². The first-order valence-electron chi connectivity index (χ1n) is 7.60. The number of aromatic nitrogens is 2. The zero-order chi connectivity index (χ0) is 16.9. The monoisotopic (exact) mass is 322 g/mol. The van der Waals surface area contributed by atoms with E-state index in [9.17, 15) is 4.79 Å². The quantitative estimate of drug-likeness (QED) is 0.753. The highest BCUT2D eigenvalue weighted by Gasteiger charge is 2.08. The highest BCUT2D eigenvalue weighted by Crippen LogP contribution is 2.16. The Kier molecular flexibility index (Phi) is 4.56. The fourth-order valence-corrected chi connectivity index (χ4v) is 2.33. The van der Waals surface area contributed by atoms with E-state index in [1.165, 1.54) is 0 Å². The van der Waals surface area contributed by atoms with Crippen molar-refractivity contribution in [1.82, 2.24) is 15.3 Å². The molecule has 0 unspecified atom stereocenters. The number of anilines is 2. The van der Waals surface area contributed by atoms with Crippen molar-refractivity contribution in [2.75, 3.05) is 5.32 Å². The number of furan rings is 1. The number of nitrogens with one attached hydrogen (secondary N) is 2. The maximum atomic E-state index is 12.2. The summed E-state index contributed by atoms with van der Waals surface area (Å²) < 4.78 is 5.20. The Labute approximate surface area is 140 Å². The van der Waals surface area contributed by atoms with Gasteiger partial charge < -0.3 is 15.1 Å². The molecule has 6 nitrogen and oxygen atoms in total. The summed E-state index contributed by atoms with van der Waals surface area (Å²) >= 11 is 0. The van der Waals surface area contributed by atoms with Gasteiger partial charge in [-0.1, -0.05) is 6.07 Å². The largest absolute Gasteiger partial charge is 0.467 e. The Hall–Kier alpha value is -3.15. The molecule has 122 valence electrons. The molecule has 1 amide bonds. The third-order valence-electron chi connectivity index (χ3n) is 3.37. The van der Waals surface area contributed by atoms with Crippen molar-refractivity contribution >= 4 is 17.5 Å². The van der Waals surface area contributed by atoms with E-state index >= 15 is 0 Å². The maximum Gasteiger partial charge on any atom is 0.251 e. The van der Waals surface area contributed by atoms with Crippen LogP contribution in [0, 0.1) is 13.8 Å². The summed E-state index contributed by atoms with van der Waals surface area (Å²) in [7, 11) is 0. The summed E-state index contributed by atoms with van der Waals surface area (Å²) in [5, 5.41) is 5.95. The Bertz CT molecular complexity index is 824. The Morgan fingerprint density at radius 3 is 2.58 bits per heavy atom. The SMILES string of the molecule is Cc1cc(C)nc(Nc2cccc(C(=O)NCc3ccco3)c2)n1. The van der Waals surface area contributed by atoms with Gasteiger partial charge in [0.05, 0.1) is 12.8 Å². The fourth-order valence-electron chi connectivity index (χ4n) is 2.33. The lowest BCUT2D eigenvalue weighted by Gasteiger charge is -2.08. The van der Waals surface area contributed by atoms with E-state index in [0.717, 1.165) is 17.1 Å². The predicted octanol–water partition coefficient (Wildman–Crippen LogP) is 3.36. The van der Waals surface area contributed by atoms with E-state index in [4.69, 9.17) is 4.42 Å². The molecule has 6 heteroatoms. The second-order valence-electron chi connectivity index (χ2n) is 5.44. The lowest BCUT2D eigenvalue weighted by Crippen LogP contribution is -2.22. The van der Waals surface area contributed by atoms with Crippen LogP contribution in [0.25, 0.3) is 0 Å². The van der Waals surface area contributed by atoms with E-state index in [1.807, 2.05) is 38.1 Å². The number of carbonyl (C=O) groups excluding carboxylic acids is 1. The van der Waals surface area contributed by atoms with Crippen molar-refractivity contribution in [2.45, 2.75) is 20.4 Å².